The van der Waals surface area contributed by atoms with Crippen LogP contribution in [0.4, 0.5) is 15.1 Å². The molecule has 0 atom stereocenters. The standard InChI is InChI=1S/C28H32FN5O/c1-21-9-11-22(12-10-21)19-30-28(35)33(3)18-6-17-32(2)27-31-25-7-4-5-8-26(25)34(27)20-23-13-15-24(29)16-14-23/h4-5,7-16H,6,17-20H2,1-3H3,(H,30,35). The second-order valence-electron chi connectivity index (χ2n) is 8.95. The van der Waals surface area contributed by atoms with Gasteiger partial charge in [-0.05, 0) is 48.7 Å². The Morgan fingerprint density at radius 1 is 0.943 bits per heavy atom. The molecule has 0 unspecified atom stereocenters. The third-order valence-corrected chi connectivity index (χ3v) is 6.13. The maximum absolute atomic E-state index is 13.4. The fraction of sp³-hybridized carbons (Fsp3) is 0.286. The van der Waals surface area contributed by atoms with Gasteiger partial charge in [-0.25, -0.2) is 14.2 Å². The summed E-state index contributed by atoms with van der Waals surface area (Å²) in [4.78, 5) is 21.2. The first-order valence-corrected chi connectivity index (χ1v) is 11.9. The van der Waals surface area contributed by atoms with Crippen LogP contribution in [-0.2, 0) is 13.1 Å². The number of carbonyl (C=O) groups excluding carboxylic acids is 1. The maximum atomic E-state index is 13.4. The van der Waals surface area contributed by atoms with Crippen molar-refractivity contribution in [2.75, 3.05) is 32.1 Å². The number of aryl methyl sites for hydroxylation is 1. The SMILES string of the molecule is Cc1ccc(CNC(=O)N(C)CCCN(C)c2nc3ccccc3n2Cc2ccc(F)cc2)cc1. The first-order chi connectivity index (χ1) is 16.9. The largest absolute Gasteiger partial charge is 0.345 e. The summed E-state index contributed by atoms with van der Waals surface area (Å²) in [5, 5.41) is 2.98. The van der Waals surface area contributed by atoms with Crippen LogP contribution in [0.2, 0.25) is 0 Å². The molecule has 6 nitrogen and oxygen atoms in total. The van der Waals surface area contributed by atoms with E-state index in [9.17, 15) is 9.18 Å². The van der Waals surface area contributed by atoms with Gasteiger partial charge in [0.2, 0.25) is 5.95 Å². The number of carbonyl (C=O) groups is 1. The molecule has 182 valence electrons. The fourth-order valence-corrected chi connectivity index (χ4v) is 4.05. The van der Waals surface area contributed by atoms with Crippen LogP contribution in [0.5, 0.6) is 0 Å². The number of amides is 2. The van der Waals surface area contributed by atoms with Gasteiger partial charge >= 0.3 is 6.03 Å². The molecule has 2 amide bonds. The smallest absolute Gasteiger partial charge is 0.317 e. The van der Waals surface area contributed by atoms with E-state index in [2.05, 4.69) is 20.9 Å². The van der Waals surface area contributed by atoms with Crippen molar-refractivity contribution in [1.82, 2.24) is 19.8 Å². The maximum Gasteiger partial charge on any atom is 0.317 e. The Hall–Kier alpha value is -3.87. The van der Waals surface area contributed by atoms with E-state index in [-0.39, 0.29) is 11.8 Å². The molecule has 1 N–H and O–H groups in total. The molecular formula is C28H32FN5O. The lowest BCUT2D eigenvalue weighted by molar-refractivity contribution is 0.208. The van der Waals surface area contributed by atoms with Crippen molar-refractivity contribution >= 4 is 23.0 Å². The van der Waals surface area contributed by atoms with E-state index >= 15 is 0 Å². The Labute approximate surface area is 206 Å². The number of halogens is 1. The molecule has 0 bridgehead atoms. The molecule has 1 heterocycles. The summed E-state index contributed by atoms with van der Waals surface area (Å²) in [6.45, 7) is 4.52. The minimum Gasteiger partial charge on any atom is -0.345 e. The molecule has 4 aromatic rings. The van der Waals surface area contributed by atoms with Crippen LogP contribution in [0.1, 0.15) is 23.1 Å². The van der Waals surface area contributed by atoms with E-state index in [0.717, 1.165) is 41.1 Å². The summed E-state index contributed by atoms with van der Waals surface area (Å²) >= 11 is 0. The lowest BCUT2D eigenvalue weighted by Crippen LogP contribution is -2.38. The minimum atomic E-state index is -0.242. The van der Waals surface area contributed by atoms with E-state index in [4.69, 9.17) is 4.98 Å². The van der Waals surface area contributed by atoms with Crippen LogP contribution >= 0.6 is 0 Å². The summed E-state index contributed by atoms with van der Waals surface area (Å²) < 4.78 is 15.5. The van der Waals surface area contributed by atoms with Gasteiger partial charge in [-0.3, -0.25) is 0 Å². The average Bonchev–Trinajstić information content (AvgIpc) is 3.23. The van der Waals surface area contributed by atoms with E-state index < -0.39 is 0 Å². The molecule has 0 spiro atoms. The lowest BCUT2D eigenvalue weighted by atomic mass is 10.1. The van der Waals surface area contributed by atoms with E-state index in [0.29, 0.717) is 19.6 Å². The van der Waals surface area contributed by atoms with Gasteiger partial charge in [0.15, 0.2) is 0 Å². The Kier molecular flexibility index (Phi) is 7.65. The third-order valence-electron chi connectivity index (χ3n) is 6.13. The molecule has 0 saturated heterocycles. The number of rotatable bonds is 9. The number of hydrogen-bond acceptors (Lipinski definition) is 3. The molecule has 4 rings (SSSR count). The molecule has 0 saturated carbocycles. The Morgan fingerprint density at radius 2 is 1.63 bits per heavy atom. The van der Waals surface area contributed by atoms with Crippen LogP contribution in [-0.4, -0.2) is 47.7 Å². The van der Waals surface area contributed by atoms with Gasteiger partial charge < -0.3 is 19.7 Å². The number of anilines is 1. The summed E-state index contributed by atoms with van der Waals surface area (Å²) in [5.41, 5.74) is 5.24. The van der Waals surface area contributed by atoms with Gasteiger partial charge in [-0.1, -0.05) is 54.1 Å². The van der Waals surface area contributed by atoms with Crippen molar-refractivity contribution in [2.45, 2.75) is 26.4 Å². The second-order valence-corrected chi connectivity index (χ2v) is 8.95. The number of imidazole rings is 1. The number of nitrogens with one attached hydrogen (secondary N) is 1. The molecule has 35 heavy (non-hydrogen) atoms. The Morgan fingerprint density at radius 3 is 2.37 bits per heavy atom. The number of hydrogen-bond donors (Lipinski definition) is 1. The van der Waals surface area contributed by atoms with E-state index in [1.807, 2.05) is 63.5 Å². The minimum absolute atomic E-state index is 0.0863. The fourth-order valence-electron chi connectivity index (χ4n) is 4.05. The van der Waals surface area contributed by atoms with Gasteiger partial charge in [-0.2, -0.15) is 0 Å². The zero-order valence-electron chi connectivity index (χ0n) is 20.5. The molecule has 0 fully saturated rings. The molecule has 0 aliphatic heterocycles. The van der Waals surface area contributed by atoms with Crippen LogP contribution in [0.3, 0.4) is 0 Å². The zero-order valence-corrected chi connectivity index (χ0v) is 20.5. The summed E-state index contributed by atoms with van der Waals surface area (Å²) in [7, 11) is 3.83. The highest BCUT2D eigenvalue weighted by Gasteiger charge is 2.15. The average molecular weight is 474 g/mol. The van der Waals surface area contributed by atoms with Gasteiger partial charge in [0, 0.05) is 33.7 Å². The summed E-state index contributed by atoms with van der Waals surface area (Å²) in [6.07, 6.45) is 0.796. The lowest BCUT2D eigenvalue weighted by Gasteiger charge is -2.22. The summed E-state index contributed by atoms with van der Waals surface area (Å²) in [5.74, 6) is 0.607. The summed E-state index contributed by atoms with van der Waals surface area (Å²) in [6, 6.07) is 22.7. The van der Waals surface area contributed by atoms with E-state index in [1.165, 1.54) is 17.7 Å². The predicted molar refractivity (Wildman–Crippen MR) is 139 cm³/mol. The van der Waals surface area contributed by atoms with Gasteiger partial charge in [0.25, 0.3) is 0 Å². The topological polar surface area (TPSA) is 53.4 Å². The predicted octanol–water partition coefficient (Wildman–Crippen LogP) is 5.20. The molecule has 1 aromatic heterocycles. The van der Waals surface area contributed by atoms with Gasteiger partial charge in [0.1, 0.15) is 5.82 Å². The monoisotopic (exact) mass is 473 g/mol. The number of fused-ring (bicyclic) bond motifs is 1. The number of aromatic nitrogens is 2. The van der Waals surface area contributed by atoms with Crippen LogP contribution in [0.25, 0.3) is 11.0 Å². The number of benzene rings is 3. The van der Waals surface area contributed by atoms with Crippen LogP contribution in [0.15, 0.2) is 72.8 Å². The van der Waals surface area contributed by atoms with Crippen molar-refractivity contribution in [3.05, 3.63) is 95.3 Å². The first kappa shape index (κ1) is 24.3. The van der Waals surface area contributed by atoms with Crippen molar-refractivity contribution in [2.24, 2.45) is 0 Å². The Balaban J connectivity index is 1.35. The molecule has 7 heteroatoms. The van der Waals surface area contributed by atoms with Crippen molar-refractivity contribution in [3.63, 3.8) is 0 Å². The van der Waals surface area contributed by atoms with Gasteiger partial charge in [0.05, 0.1) is 17.6 Å². The van der Waals surface area contributed by atoms with E-state index in [1.54, 1.807) is 17.0 Å². The van der Waals surface area contributed by atoms with Crippen LogP contribution < -0.4 is 10.2 Å². The highest BCUT2D eigenvalue weighted by Crippen LogP contribution is 2.23. The molecule has 0 aliphatic carbocycles. The zero-order chi connectivity index (χ0) is 24.8. The number of nitrogens with zero attached hydrogens (tertiary/aromatic N) is 4. The molecule has 0 aliphatic rings. The molecular weight excluding hydrogens is 441 g/mol. The number of urea groups is 1. The van der Waals surface area contributed by atoms with Crippen molar-refractivity contribution in [1.29, 1.82) is 0 Å². The molecule has 3 aromatic carbocycles. The molecule has 0 radical (unpaired) electrons. The van der Waals surface area contributed by atoms with Crippen molar-refractivity contribution < 1.29 is 9.18 Å². The Bertz CT molecular complexity index is 1270. The first-order valence-electron chi connectivity index (χ1n) is 11.9. The quantitative estimate of drug-likeness (QED) is 0.364. The van der Waals surface area contributed by atoms with Crippen molar-refractivity contribution in [3.8, 4) is 0 Å². The highest BCUT2D eigenvalue weighted by atomic mass is 19.1. The number of para-hydroxylation sites is 2. The normalized spacial score (nSPS) is 11.0. The third kappa shape index (κ3) is 6.18. The highest BCUT2D eigenvalue weighted by molar-refractivity contribution is 5.79. The van der Waals surface area contributed by atoms with Gasteiger partial charge in [-0.15, -0.1) is 0 Å². The second kappa shape index (κ2) is 11.0. The van der Waals surface area contributed by atoms with Crippen LogP contribution in [0, 0.1) is 12.7 Å².